The molecular formula is C13H20N2O3. The maximum absolute atomic E-state index is 11.9. The molecule has 1 aromatic carbocycles. The normalized spacial score (nSPS) is 12.1. The Balaban J connectivity index is 3.11. The van der Waals surface area contributed by atoms with Gasteiger partial charge in [-0.15, -0.1) is 0 Å². The van der Waals surface area contributed by atoms with E-state index in [0.29, 0.717) is 0 Å². The summed E-state index contributed by atoms with van der Waals surface area (Å²) in [6.45, 7) is 3.49. The summed E-state index contributed by atoms with van der Waals surface area (Å²) in [5.74, 6) is 0.466. The van der Waals surface area contributed by atoms with Crippen molar-refractivity contribution in [2.45, 2.75) is 19.9 Å². The molecule has 0 saturated carbocycles. The fourth-order valence-corrected chi connectivity index (χ4v) is 1.81. The zero-order valence-corrected chi connectivity index (χ0v) is 11.2. The van der Waals surface area contributed by atoms with Gasteiger partial charge in [0.05, 0.1) is 13.7 Å². The quantitative estimate of drug-likeness (QED) is 0.822. The minimum absolute atomic E-state index is 0.315. The molecule has 0 aromatic heterocycles. The molecule has 1 aromatic rings. The third-order valence-electron chi connectivity index (χ3n) is 3.13. The Morgan fingerprint density at radius 1 is 1.44 bits per heavy atom. The number of methoxy groups -OCH3 is 1. The number of benzene rings is 1. The number of nitrogens with two attached hydrogens (primary N) is 1. The van der Waals surface area contributed by atoms with Gasteiger partial charge in [0, 0.05) is 12.7 Å². The highest BCUT2D eigenvalue weighted by atomic mass is 16.5. The molecule has 0 aliphatic rings. The lowest BCUT2D eigenvalue weighted by atomic mass is 10.1. The van der Waals surface area contributed by atoms with Gasteiger partial charge in [-0.05, 0) is 37.1 Å². The summed E-state index contributed by atoms with van der Waals surface area (Å²) in [6, 6.07) is 2.73. The minimum Gasteiger partial charge on any atom is -0.496 e. The van der Waals surface area contributed by atoms with Gasteiger partial charge in [-0.3, -0.25) is 4.79 Å². The first-order chi connectivity index (χ1) is 8.43. The number of anilines is 1. The van der Waals surface area contributed by atoms with Crippen LogP contribution in [0.3, 0.4) is 0 Å². The number of rotatable bonds is 4. The van der Waals surface area contributed by atoms with E-state index in [4.69, 9.17) is 15.6 Å². The minimum atomic E-state index is -0.892. The van der Waals surface area contributed by atoms with Crippen LogP contribution in [0.1, 0.15) is 11.1 Å². The summed E-state index contributed by atoms with van der Waals surface area (Å²) in [4.78, 5) is 13.4. The Bertz CT molecular complexity index is 446. The van der Waals surface area contributed by atoms with E-state index in [-0.39, 0.29) is 12.5 Å². The van der Waals surface area contributed by atoms with Crippen LogP contribution in [-0.2, 0) is 4.79 Å². The summed E-state index contributed by atoms with van der Waals surface area (Å²) in [5, 5.41) is 8.91. The molecule has 5 nitrogen and oxygen atoms in total. The van der Waals surface area contributed by atoms with Crippen molar-refractivity contribution < 1.29 is 14.6 Å². The van der Waals surface area contributed by atoms with Crippen molar-refractivity contribution in [3.05, 3.63) is 23.3 Å². The number of ether oxygens (including phenoxy) is 1. The third-order valence-corrected chi connectivity index (χ3v) is 3.13. The van der Waals surface area contributed by atoms with Gasteiger partial charge in [0.25, 0.3) is 0 Å². The molecule has 3 N–H and O–H groups in total. The Kier molecular flexibility index (Phi) is 4.69. The van der Waals surface area contributed by atoms with E-state index in [0.717, 1.165) is 22.6 Å². The zero-order chi connectivity index (χ0) is 13.9. The van der Waals surface area contributed by atoms with Gasteiger partial charge < -0.3 is 20.5 Å². The highest BCUT2D eigenvalue weighted by Crippen LogP contribution is 2.29. The number of nitrogens with zero attached hydrogens (tertiary/aromatic N) is 1. The molecule has 0 bridgehead atoms. The van der Waals surface area contributed by atoms with Gasteiger partial charge in [0.15, 0.2) is 0 Å². The van der Waals surface area contributed by atoms with Crippen LogP contribution >= 0.6 is 0 Å². The van der Waals surface area contributed by atoms with E-state index >= 15 is 0 Å². The van der Waals surface area contributed by atoms with Crippen molar-refractivity contribution in [2.75, 3.05) is 25.7 Å². The van der Waals surface area contributed by atoms with Gasteiger partial charge in [-0.25, -0.2) is 0 Å². The highest BCUT2D eigenvalue weighted by molar-refractivity contribution is 5.97. The molecule has 100 valence electrons. The third kappa shape index (κ3) is 2.63. The van der Waals surface area contributed by atoms with Crippen LogP contribution in [0.4, 0.5) is 5.69 Å². The zero-order valence-electron chi connectivity index (χ0n) is 11.2. The predicted molar refractivity (Wildman–Crippen MR) is 70.9 cm³/mol. The second-order valence-corrected chi connectivity index (χ2v) is 4.22. The molecule has 0 aliphatic heterocycles. The molecule has 18 heavy (non-hydrogen) atoms. The van der Waals surface area contributed by atoms with Crippen molar-refractivity contribution in [3.8, 4) is 5.75 Å². The van der Waals surface area contributed by atoms with Gasteiger partial charge >= 0.3 is 0 Å². The smallest absolute Gasteiger partial charge is 0.246 e. The van der Waals surface area contributed by atoms with E-state index in [1.165, 1.54) is 4.90 Å². The van der Waals surface area contributed by atoms with Crippen LogP contribution in [0.15, 0.2) is 12.1 Å². The Morgan fingerprint density at radius 2 is 2.06 bits per heavy atom. The number of amides is 1. The Labute approximate surface area is 107 Å². The monoisotopic (exact) mass is 252 g/mol. The molecule has 1 atom stereocenters. The SMILES string of the molecule is COc1ccc(N(C)C(=O)C(N)CO)c(C)c1C. The number of hydrogen-bond donors (Lipinski definition) is 2. The fourth-order valence-electron chi connectivity index (χ4n) is 1.81. The van der Waals surface area contributed by atoms with E-state index in [2.05, 4.69) is 0 Å². The topological polar surface area (TPSA) is 75.8 Å². The molecule has 1 amide bonds. The predicted octanol–water partition coefficient (Wildman–Crippen LogP) is 0.594. The second kappa shape index (κ2) is 5.84. The van der Waals surface area contributed by atoms with Crippen molar-refractivity contribution in [3.63, 3.8) is 0 Å². The Morgan fingerprint density at radius 3 is 2.56 bits per heavy atom. The lowest BCUT2D eigenvalue weighted by Gasteiger charge is -2.23. The molecule has 1 unspecified atom stereocenters. The van der Waals surface area contributed by atoms with Gasteiger partial charge in [0.1, 0.15) is 11.8 Å². The molecule has 0 radical (unpaired) electrons. The summed E-state index contributed by atoms with van der Waals surface area (Å²) < 4.78 is 5.22. The van der Waals surface area contributed by atoms with E-state index in [1.807, 2.05) is 26.0 Å². The van der Waals surface area contributed by atoms with Crippen molar-refractivity contribution in [2.24, 2.45) is 5.73 Å². The number of hydrogen-bond acceptors (Lipinski definition) is 4. The van der Waals surface area contributed by atoms with Crippen molar-refractivity contribution in [1.29, 1.82) is 0 Å². The summed E-state index contributed by atoms with van der Waals surface area (Å²) in [7, 11) is 3.25. The highest BCUT2D eigenvalue weighted by Gasteiger charge is 2.20. The van der Waals surface area contributed by atoms with Crippen molar-refractivity contribution >= 4 is 11.6 Å². The summed E-state index contributed by atoms with van der Waals surface area (Å²) in [6.07, 6.45) is 0. The lowest BCUT2D eigenvalue weighted by molar-refractivity contribution is -0.120. The van der Waals surface area contributed by atoms with Crippen LogP contribution in [0.2, 0.25) is 0 Å². The number of aliphatic hydroxyl groups is 1. The lowest BCUT2D eigenvalue weighted by Crippen LogP contribution is -2.44. The molecule has 0 heterocycles. The maximum Gasteiger partial charge on any atom is 0.246 e. The number of aliphatic hydroxyl groups excluding tert-OH is 1. The molecular weight excluding hydrogens is 232 g/mol. The average molecular weight is 252 g/mol. The van der Waals surface area contributed by atoms with Crippen LogP contribution in [0, 0.1) is 13.8 Å². The summed E-state index contributed by atoms with van der Waals surface area (Å²) >= 11 is 0. The Hall–Kier alpha value is -1.59. The summed E-state index contributed by atoms with van der Waals surface area (Å²) in [5.41, 5.74) is 8.23. The largest absolute Gasteiger partial charge is 0.496 e. The average Bonchev–Trinajstić information content (AvgIpc) is 2.39. The van der Waals surface area contributed by atoms with Crippen LogP contribution in [0.5, 0.6) is 5.75 Å². The number of carbonyl (C=O) groups is 1. The van der Waals surface area contributed by atoms with Gasteiger partial charge in [-0.2, -0.15) is 0 Å². The van der Waals surface area contributed by atoms with Crippen LogP contribution < -0.4 is 15.4 Å². The molecule has 1 rings (SSSR count). The van der Waals surface area contributed by atoms with E-state index in [1.54, 1.807) is 14.2 Å². The fraction of sp³-hybridized carbons (Fsp3) is 0.462. The standard InChI is InChI=1S/C13H20N2O3/c1-8-9(2)12(18-4)6-5-11(8)15(3)13(17)10(14)7-16/h5-6,10,16H,7,14H2,1-4H3. The van der Waals surface area contributed by atoms with Gasteiger partial charge in [-0.1, -0.05) is 0 Å². The molecule has 0 aliphatic carbocycles. The van der Waals surface area contributed by atoms with Gasteiger partial charge in [0.2, 0.25) is 5.91 Å². The maximum atomic E-state index is 11.9. The first-order valence-corrected chi connectivity index (χ1v) is 5.72. The first kappa shape index (κ1) is 14.5. The van der Waals surface area contributed by atoms with Crippen molar-refractivity contribution in [1.82, 2.24) is 0 Å². The molecule has 0 spiro atoms. The number of likely N-dealkylation sites (N-methyl/N-ethyl adjacent to an activating group) is 1. The molecule has 0 fully saturated rings. The van der Waals surface area contributed by atoms with E-state index in [9.17, 15) is 4.79 Å². The molecule has 5 heteroatoms. The van der Waals surface area contributed by atoms with Crippen LogP contribution in [0.25, 0.3) is 0 Å². The number of carbonyl (C=O) groups excluding carboxylic acids is 1. The van der Waals surface area contributed by atoms with E-state index < -0.39 is 6.04 Å². The first-order valence-electron chi connectivity index (χ1n) is 5.72. The molecule has 0 saturated heterocycles. The van der Waals surface area contributed by atoms with Crippen LogP contribution in [-0.4, -0.2) is 37.8 Å². The second-order valence-electron chi connectivity index (χ2n) is 4.22.